The van der Waals surface area contributed by atoms with Gasteiger partial charge in [-0.05, 0) is 51.1 Å². The van der Waals surface area contributed by atoms with Gasteiger partial charge in [0.15, 0.2) is 0 Å². The molecule has 8 nitrogen and oxygen atoms in total. The van der Waals surface area contributed by atoms with Crippen LogP contribution in [0.15, 0.2) is 42.5 Å². The fourth-order valence-corrected chi connectivity index (χ4v) is 3.41. The molecule has 0 N–H and O–H groups in total. The molecule has 3 rings (SSSR count). The van der Waals surface area contributed by atoms with Gasteiger partial charge in [0.1, 0.15) is 23.3 Å². The van der Waals surface area contributed by atoms with Gasteiger partial charge >= 0.3 is 12.1 Å². The Bertz CT molecular complexity index is 1040. The highest BCUT2D eigenvalue weighted by Crippen LogP contribution is 2.36. The number of hydrogen-bond acceptors (Lipinski definition) is 6. The quantitative estimate of drug-likeness (QED) is 0.379. The number of nitro groups is 1. The Hall–Kier alpha value is -3.56. The first kappa shape index (κ1) is 23.1. The van der Waals surface area contributed by atoms with Crippen LogP contribution in [-0.2, 0) is 9.47 Å². The Morgan fingerprint density at radius 3 is 2.38 bits per heavy atom. The van der Waals surface area contributed by atoms with Crippen LogP contribution in [0.1, 0.15) is 49.2 Å². The summed E-state index contributed by atoms with van der Waals surface area (Å²) in [7, 11) is 0. The maximum atomic E-state index is 14.4. The van der Waals surface area contributed by atoms with Crippen LogP contribution in [0.2, 0.25) is 0 Å². The highest BCUT2D eigenvalue weighted by molar-refractivity contribution is 5.89. The first-order valence-corrected chi connectivity index (χ1v) is 9.84. The van der Waals surface area contributed by atoms with Gasteiger partial charge in [0.2, 0.25) is 0 Å². The molecular formula is C22H22F2N2O6. The summed E-state index contributed by atoms with van der Waals surface area (Å²) in [5.41, 5.74) is -0.972. The van der Waals surface area contributed by atoms with Crippen molar-refractivity contribution in [1.82, 2.24) is 4.90 Å². The number of non-ortho nitro benzene ring substituents is 1. The Balaban J connectivity index is 1.82. The molecule has 0 spiro atoms. The molecule has 1 fully saturated rings. The smallest absolute Gasteiger partial charge is 0.410 e. The van der Waals surface area contributed by atoms with Crippen LogP contribution in [-0.4, -0.2) is 40.1 Å². The van der Waals surface area contributed by atoms with E-state index in [1.165, 1.54) is 29.2 Å². The summed E-state index contributed by atoms with van der Waals surface area (Å²) in [6, 6.07) is 6.88. The molecule has 0 saturated carbocycles. The molecule has 0 aromatic heterocycles. The van der Waals surface area contributed by atoms with E-state index < -0.39 is 46.4 Å². The molecule has 1 heterocycles. The van der Waals surface area contributed by atoms with Gasteiger partial charge < -0.3 is 9.47 Å². The fourth-order valence-electron chi connectivity index (χ4n) is 3.41. The van der Waals surface area contributed by atoms with Crippen molar-refractivity contribution in [2.45, 2.75) is 44.9 Å². The van der Waals surface area contributed by atoms with Gasteiger partial charge in [0.05, 0.1) is 23.1 Å². The van der Waals surface area contributed by atoms with E-state index in [4.69, 9.17) is 9.47 Å². The maximum absolute atomic E-state index is 14.4. The third-order valence-electron chi connectivity index (χ3n) is 4.80. The van der Waals surface area contributed by atoms with Gasteiger partial charge in [0, 0.05) is 24.1 Å². The lowest BCUT2D eigenvalue weighted by Crippen LogP contribution is -2.37. The minimum absolute atomic E-state index is 0.0261. The number of hydrogen-bond donors (Lipinski definition) is 0. The molecule has 0 aliphatic carbocycles. The summed E-state index contributed by atoms with van der Waals surface area (Å²) in [5, 5.41) is 10.8. The molecule has 2 aromatic rings. The Labute approximate surface area is 182 Å². The van der Waals surface area contributed by atoms with Crippen molar-refractivity contribution >= 4 is 17.7 Å². The number of esters is 1. The van der Waals surface area contributed by atoms with Gasteiger partial charge in [-0.1, -0.05) is 0 Å². The number of nitro benzene ring substituents is 1. The molecule has 0 unspecified atom stereocenters. The summed E-state index contributed by atoms with van der Waals surface area (Å²) < 4.78 is 39.1. The largest absolute Gasteiger partial charge is 0.457 e. The van der Waals surface area contributed by atoms with Gasteiger partial charge in [-0.25, -0.2) is 18.4 Å². The molecule has 1 aliphatic heterocycles. The molecule has 2 atom stereocenters. The number of likely N-dealkylation sites (tertiary alicyclic amines) is 1. The van der Waals surface area contributed by atoms with Crippen molar-refractivity contribution in [1.29, 1.82) is 0 Å². The van der Waals surface area contributed by atoms with Gasteiger partial charge in [0.25, 0.3) is 5.69 Å². The summed E-state index contributed by atoms with van der Waals surface area (Å²) in [4.78, 5) is 36.6. The van der Waals surface area contributed by atoms with E-state index in [0.717, 1.165) is 18.2 Å². The van der Waals surface area contributed by atoms with Crippen molar-refractivity contribution in [3.8, 4) is 0 Å². The highest BCUT2D eigenvalue weighted by atomic mass is 19.1. The lowest BCUT2D eigenvalue weighted by molar-refractivity contribution is -0.384. The van der Waals surface area contributed by atoms with Gasteiger partial charge in [-0.3, -0.25) is 15.0 Å². The van der Waals surface area contributed by atoms with Crippen LogP contribution in [0.25, 0.3) is 0 Å². The molecule has 1 aliphatic rings. The zero-order valence-electron chi connectivity index (χ0n) is 17.7. The predicted octanol–water partition coefficient (Wildman–Crippen LogP) is 4.78. The normalized spacial score (nSPS) is 18.3. The lowest BCUT2D eigenvalue weighted by Gasteiger charge is -2.28. The van der Waals surface area contributed by atoms with Crippen molar-refractivity contribution in [2.75, 3.05) is 6.54 Å². The highest BCUT2D eigenvalue weighted by Gasteiger charge is 2.41. The third-order valence-corrected chi connectivity index (χ3v) is 4.80. The van der Waals surface area contributed by atoms with Crippen LogP contribution in [0.5, 0.6) is 0 Å². The predicted molar refractivity (Wildman–Crippen MR) is 109 cm³/mol. The zero-order chi connectivity index (χ0) is 23.6. The standard InChI is InChI=1S/C22H22F2N2O6/c1-22(2,3)32-21(28)25-12-16(11-19(25)17-10-14(23)6-9-18(17)24)31-20(27)13-4-7-15(8-5-13)26(29)30/h4-10,16,19H,11-12H2,1-3H3/t16-,19+/m0/s1. The molecular weight excluding hydrogens is 426 g/mol. The first-order valence-electron chi connectivity index (χ1n) is 9.84. The molecule has 0 bridgehead atoms. The molecule has 32 heavy (non-hydrogen) atoms. The summed E-state index contributed by atoms with van der Waals surface area (Å²) in [6.45, 7) is 4.93. The molecule has 170 valence electrons. The summed E-state index contributed by atoms with van der Waals surface area (Å²) in [5.74, 6) is -2.13. The molecule has 0 radical (unpaired) electrons. The second-order valence-corrected chi connectivity index (χ2v) is 8.38. The van der Waals surface area contributed by atoms with E-state index >= 15 is 0 Å². The van der Waals surface area contributed by atoms with Crippen molar-refractivity contribution in [2.24, 2.45) is 0 Å². The van der Waals surface area contributed by atoms with Crippen molar-refractivity contribution in [3.05, 3.63) is 75.3 Å². The monoisotopic (exact) mass is 448 g/mol. The van der Waals surface area contributed by atoms with E-state index in [2.05, 4.69) is 0 Å². The van der Waals surface area contributed by atoms with E-state index in [1.54, 1.807) is 20.8 Å². The fraction of sp³-hybridized carbons (Fsp3) is 0.364. The van der Waals surface area contributed by atoms with Crippen LogP contribution < -0.4 is 0 Å². The number of nitrogens with zero attached hydrogens (tertiary/aromatic N) is 2. The molecule has 10 heteroatoms. The van der Waals surface area contributed by atoms with Gasteiger partial charge in [-0.2, -0.15) is 0 Å². The van der Waals surface area contributed by atoms with Crippen LogP contribution in [0, 0.1) is 21.7 Å². The zero-order valence-corrected chi connectivity index (χ0v) is 17.7. The minimum atomic E-state index is -0.907. The van der Waals surface area contributed by atoms with Crippen molar-refractivity contribution < 1.29 is 32.8 Å². The number of amides is 1. The maximum Gasteiger partial charge on any atom is 0.410 e. The molecule has 2 aromatic carbocycles. The average molecular weight is 448 g/mol. The van der Waals surface area contributed by atoms with E-state index in [0.29, 0.717) is 0 Å². The average Bonchev–Trinajstić information content (AvgIpc) is 3.12. The Kier molecular flexibility index (Phi) is 6.42. The topological polar surface area (TPSA) is 99.0 Å². The Morgan fingerprint density at radius 1 is 1.12 bits per heavy atom. The number of carbonyl (C=O) groups excluding carboxylic acids is 2. The van der Waals surface area contributed by atoms with E-state index in [1.807, 2.05) is 0 Å². The molecule has 1 saturated heterocycles. The number of benzene rings is 2. The van der Waals surface area contributed by atoms with Gasteiger partial charge in [-0.15, -0.1) is 0 Å². The van der Waals surface area contributed by atoms with Crippen LogP contribution in [0.4, 0.5) is 19.3 Å². The second-order valence-electron chi connectivity index (χ2n) is 8.38. The van der Waals surface area contributed by atoms with E-state index in [-0.39, 0.29) is 29.8 Å². The number of ether oxygens (including phenoxy) is 2. The third kappa shape index (κ3) is 5.37. The number of carbonyl (C=O) groups is 2. The lowest BCUT2D eigenvalue weighted by atomic mass is 10.0. The number of halogens is 2. The van der Waals surface area contributed by atoms with Crippen LogP contribution >= 0.6 is 0 Å². The molecule has 1 amide bonds. The second kappa shape index (κ2) is 8.89. The Morgan fingerprint density at radius 2 is 1.78 bits per heavy atom. The summed E-state index contributed by atoms with van der Waals surface area (Å²) in [6.07, 6.45) is -1.55. The summed E-state index contributed by atoms with van der Waals surface area (Å²) >= 11 is 0. The van der Waals surface area contributed by atoms with E-state index in [9.17, 15) is 28.5 Å². The number of rotatable bonds is 4. The first-order chi connectivity index (χ1) is 14.9. The van der Waals surface area contributed by atoms with Crippen LogP contribution in [0.3, 0.4) is 0 Å². The van der Waals surface area contributed by atoms with Crippen molar-refractivity contribution in [3.63, 3.8) is 0 Å². The minimum Gasteiger partial charge on any atom is -0.457 e. The SMILES string of the molecule is CC(C)(C)OC(=O)N1C[C@@H](OC(=O)c2ccc([N+](=O)[O-])cc2)C[C@@H]1c1cc(F)ccc1F.